The molecular weight excluding hydrogens is 288 g/mol. The maximum Gasteiger partial charge on any atom is 0.259 e. The normalized spacial score (nSPS) is 10.6. The fourth-order valence-electron chi connectivity index (χ4n) is 1.65. The van der Waals surface area contributed by atoms with Gasteiger partial charge in [-0.25, -0.2) is 5.43 Å². The molecule has 2 N–H and O–H groups in total. The Bertz CT molecular complexity index is 643. The molecular formula is C15H15ClN4O. The van der Waals surface area contributed by atoms with Gasteiger partial charge < -0.3 is 5.32 Å². The van der Waals surface area contributed by atoms with Crippen molar-refractivity contribution in [3.8, 4) is 0 Å². The number of carbonyl (C=O) groups excluding carboxylic acids is 1. The number of aromatic nitrogens is 1. The van der Waals surface area contributed by atoms with Gasteiger partial charge in [0.05, 0.1) is 12.8 Å². The Balaban J connectivity index is 1.83. The van der Waals surface area contributed by atoms with Crippen molar-refractivity contribution in [1.29, 1.82) is 0 Å². The van der Waals surface area contributed by atoms with Crippen molar-refractivity contribution in [3.63, 3.8) is 0 Å². The maximum atomic E-state index is 11.7. The number of nitrogens with zero attached hydrogens (tertiary/aromatic N) is 2. The van der Waals surface area contributed by atoms with Crippen LogP contribution in [0.25, 0.3) is 0 Å². The van der Waals surface area contributed by atoms with E-state index >= 15 is 0 Å². The Labute approximate surface area is 128 Å². The number of carbonyl (C=O) groups is 1. The van der Waals surface area contributed by atoms with Crippen molar-refractivity contribution in [2.24, 2.45) is 5.10 Å². The zero-order valence-corrected chi connectivity index (χ0v) is 12.3. The molecule has 0 atom stereocenters. The lowest BCUT2D eigenvalue weighted by atomic mass is 10.2. The molecule has 0 aliphatic carbocycles. The van der Waals surface area contributed by atoms with Gasteiger partial charge in [-0.15, -0.1) is 0 Å². The van der Waals surface area contributed by atoms with E-state index in [2.05, 4.69) is 20.8 Å². The number of rotatable bonds is 5. The molecule has 1 aromatic carbocycles. The van der Waals surface area contributed by atoms with Gasteiger partial charge in [0.2, 0.25) is 0 Å². The van der Waals surface area contributed by atoms with Crippen LogP contribution < -0.4 is 10.7 Å². The van der Waals surface area contributed by atoms with E-state index in [0.717, 1.165) is 16.8 Å². The fraction of sp³-hybridized carbons (Fsp3) is 0.133. The highest BCUT2D eigenvalue weighted by Crippen LogP contribution is 2.22. The third-order valence-corrected chi connectivity index (χ3v) is 3.20. The molecule has 1 heterocycles. The highest BCUT2D eigenvalue weighted by atomic mass is 35.5. The quantitative estimate of drug-likeness (QED) is 0.659. The van der Waals surface area contributed by atoms with Crippen LogP contribution in [-0.4, -0.2) is 23.7 Å². The third kappa shape index (κ3) is 4.57. The van der Waals surface area contributed by atoms with E-state index in [1.54, 1.807) is 24.5 Å². The highest BCUT2D eigenvalue weighted by molar-refractivity contribution is 6.31. The van der Waals surface area contributed by atoms with Crippen LogP contribution in [0.5, 0.6) is 0 Å². The van der Waals surface area contributed by atoms with Gasteiger partial charge >= 0.3 is 0 Å². The predicted octanol–water partition coefficient (Wildman–Crippen LogP) is 2.61. The molecule has 108 valence electrons. The molecule has 0 aliphatic rings. The number of hydrogen-bond donors (Lipinski definition) is 2. The zero-order valence-electron chi connectivity index (χ0n) is 11.5. The van der Waals surface area contributed by atoms with Gasteiger partial charge in [0.25, 0.3) is 5.91 Å². The Hall–Kier alpha value is -2.40. The van der Waals surface area contributed by atoms with Gasteiger partial charge in [0.15, 0.2) is 0 Å². The maximum absolute atomic E-state index is 11.7. The van der Waals surface area contributed by atoms with Crippen molar-refractivity contribution in [1.82, 2.24) is 10.4 Å². The lowest BCUT2D eigenvalue weighted by Crippen LogP contribution is -2.26. The average Bonchev–Trinajstić information content (AvgIpc) is 2.50. The minimum atomic E-state index is -0.241. The van der Waals surface area contributed by atoms with Gasteiger partial charge in [0, 0.05) is 28.7 Å². The lowest BCUT2D eigenvalue weighted by Gasteiger charge is -2.09. The number of pyridine rings is 1. The zero-order chi connectivity index (χ0) is 15.1. The first kappa shape index (κ1) is 15.0. The first-order chi connectivity index (χ1) is 10.2. The minimum Gasteiger partial charge on any atom is -0.376 e. The van der Waals surface area contributed by atoms with E-state index in [1.165, 1.54) is 6.21 Å². The number of halogens is 1. The van der Waals surface area contributed by atoms with Crippen molar-refractivity contribution in [2.75, 3.05) is 11.9 Å². The van der Waals surface area contributed by atoms with Gasteiger partial charge in [0.1, 0.15) is 0 Å². The summed E-state index contributed by atoms with van der Waals surface area (Å²) in [5, 5.41) is 7.54. The molecule has 6 heteroatoms. The Morgan fingerprint density at radius 1 is 1.38 bits per heavy atom. The monoisotopic (exact) mass is 302 g/mol. The van der Waals surface area contributed by atoms with Crippen molar-refractivity contribution in [2.45, 2.75) is 6.92 Å². The van der Waals surface area contributed by atoms with E-state index in [1.807, 2.05) is 25.1 Å². The molecule has 1 amide bonds. The van der Waals surface area contributed by atoms with Crippen LogP contribution in [0, 0.1) is 6.92 Å². The summed E-state index contributed by atoms with van der Waals surface area (Å²) in [7, 11) is 0. The summed E-state index contributed by atoms with van der Waals surface area (Å²) >= 11 is 6.01. The molecule has 2 aromatic rings. The number of benzene rings is 1. The molecule has 0 radical (unpaired) electrons. The summed E-state index contributed by atoms with van der Waals surface area (Å²) in [5.74, 6) is -0.241. The highest BCUT2D eigenvalue weighted by Gasteiger charge is 2.04. The summed E-state index contributed by atoms with van der Waals surface area (Å²) in [5.41, 5.74) is 4.99. The van der Waals surface area contributed by atoms with Gasteiger partial charge in [-0.3, -0.25) is 9.78 Å². The van der Waals surface area contributed by atoms with E-state index in [4.69, 9.17) is 11.6 Å². The van der Waals surface area contributed by atoms with E-state index < -0.39 is 0 Å². The second-order valence-corrected chi connectivity index (χ2v) is 4.75. The van der Waals surface area contributed by atoms with Crippen LogP contribution in [0.15, 0.2) is 47.8 Å². The summed E-state index contributed by atoms with van der Waals surface area (Å²) in [6.07, 6.45) is 4.87. The smallest absolute Gasteiger partial charge is 0.259 e. The second kappa shape index (κ2) is 7.40. The molecule has 1 aromatic heterocycles. The molecule has 0 fully saturated rings. The summed E-state index contributed by atoms with van der Waals surface area (Å²) < 4.78 is 0. The van der Waals surface area contributed by atoms with Crippen molar-refractivity contribution in [3.05, 3.63) is 58.9 Å². The lowest BCUT2D eigenvalue weighted by molar-refractivity contribution is -0.119. The largest absolute Gasteiger partial charge is 0.376 e. The van der Waals surface area contributed by atoms with Crippen LogP contribution in [0.4, 0.5) is 5.69 Å². The molecule has 0 saturated heterocycles. The summed E-state index contributed by atoms with van der Waals surface area (Å²) in [6.45, 7) is 2.01. The number of hydrogen-bond acceptors (Lipinski definition) is 4. The Kier molecular flexibility index (Phi) is 5.29. The van der Waals surface area contributed by atoms with E-state index in [-0.39, 0.29) is 12.5 Å². The Morgan fingerprint density at radius 2 is 2.24 bits per heavy atom. The molecule has 0 bridgehead atoms. The number of nitrogens with one attached hydrogen (secondary N) is 2. The first-order valence-electron chi connectivity index (χ1n) is 6.38. The molecule has 0 aliphatic heterocycles. The Morgan fingerprint density at radius 3 is 3.00 bits per heavy atom. The van der Waals surface area contributed by atoms with E-state index in [9.17, 15) is 4.79 Å². The molecule has 2 rings (SSSR count). The number of hydrazone groups is 1. The topological polar surface area (TPSA) is 66.4 Å². The average molecular weight is 303 g/mol. The van der Waals surface area contributed by atoms with Crippen LogP contribution in [-0.2, 0) is 4.79 Å². The van der Waals surface area contributed by atoms with Crippen molar-refractivity contribution >= 4 is 29.4 Å². The van der Waals surface area contributed by atoms with Crippen LogP contribution >= 0.6 is 11.6 Å². The molecule has 5 nitrogen and oxygen atoms in total. The third-order valence-electron chi connectivity index (χ3n) is 2.79. The summed E-state index contributed by atoms with van der Waals surface area (Å²) in [6, 6.07) is 9.15. The molecule has 0 unspecified atom stereocenters. The first-order valence-corrected chi connectivity index (χ1v) is 6.75. The summed E-state index contributed by atoms with van der Waals surface area (Å²) in [4.78, 5) is 15.6. The predicted molar refractivity (Wildman–Crippen MR) is 84.7 cm³/mol. The van der Waals surface area contributed by atoms with E-state index in [0.29, 0.717) is 5.02 Å². The van der Waals surface area contributed by atoms with Gasteiger partial charge in [-0.1, -0.05) is 23.7 Å². The van der Waals surface area contributed by atoms with Gasteiger partial charge in [-0.05, 0) is 30.7 Å². The molecule has 0 spiro atoms. The van der Waals surface area contributed by atoms with Crippen molar-refractivity contribution < 1.29 is 4.79 Å². The van der Waals surface area contributed by atoms with Gasteiger partial charge in [-0.2, -0.15) is 5.10 Å². The fourth-order valence-corrected chi connectivity index (χ4v) is 1.82. The number of anilines is 1. The van der Waals surface area contributed by atoms with Crippen LogP contribution in [0.3, 0.4) is 0 Å². The standard InChI is InChI=1S/C15H15ClN4O/c1-11-13(16)5-2-6-14(11)18-10-15(21)20-19-9-12-4-3-7-17-8-12/h2-9,18H,10H2,1H3,(H,20,21). The van der Waals surface area contributed by atoms with Crippen LogP contribution in [0.2, 0.25) is 5.02 Å². The number of amides is 1. The SMILES string of the molecule is Cc1c(Cl)cccc1NCC(=O)NN=Cc1cccnc1. The molecule has 21 heavy (non-hydrogen) atoms. The van der Waals surface area contributed by atoms with Crippen LogP contribution in [0.1, 0.15) is 11.1 Å². The minimum absolute atomic E-state index is 0.117. The second-order valence-electron chi connectivity index (χ2n) is 4.35. The molecule has 0 saturated carbocycles.